The van der Waals surface area contributed by atoms with E-state index in [1.54, 1.807) is 41.3 Å². The van der Waals surface area contributed by atoms with Gasteiger partial charge in [-0.15, -0.1) is 11.3 Å². The molecule has 2 aromatic heterocycles. The molecule has 0 bridgehead atoms. The number of nitrogens with one attached hydrogen (secondary N) is 1. The summed E-state index contributed by atoms with van der Waals surface area (Å²) in [6.07, 6.45) is 1.91. The van der Waals surface area contributed by atoms with Crippen LogP contribution in [0.1, 0.15) is 5.56 Å². The summed E-state index contributed by atoms with van der Waals surface area (Å²) in [7, 11) is 0. The summed E-state index contributed by atoms with van der Waals surface area (Å²) in [6.45, 7) is 0. The molecule has 4 aromatic rings. The number of thioether (sulfide) groups is 1. The standard InChI is InChI=1S/C16H11N3O2S2/c20-19(21)11-5-6-12-10(8-17-14(12)7-11)9-22-16-18-13-3-1-2-4-15(13)23-16/h1-8,17H,9H2. The Morgan fingerprint density at radius 1 is 1.26 bits per heavy atom. The lowest BCUT2D eigenvalue weighted by Gasteiger charge is -1.97. The number of aromatic amines is 1. The molecule has 0 amide bonds. The van der Waals surface area contributed by atoms with Crippen molar-refractivity contribution in [1.29, 1.82) is 0 Å². The van der Waals surface area contributed by atoms with E-state index in [-0.39, 0.29) is 10.6 Å². The Bertz CT molecular complexity index is 989. The second-order valence-electron chi connectivity index (χ2n) is 5.04. The van der Waals surface area contributed by atoms with Crippen LogP contribution in [0, 0.1) is 10.1 Å². The Kier molecular flexibility index (Phi) is 3.51. The minimum atomic E-state index is -0.379. The van der Waals surface area contributed by atoms with Gasteiger partial charge in [0.15, 0.2) is 4.34 Å². The predicted octanol–water partition coefficient (Wildman–Crippen LogP) is 4.98. The third-order valence-corrected chi connectivity index (χ3v) is 5.82. The Morgan fingerprint density at radius 3 is 2.96 bits per heavy atom. The van der Waals surface area contributed by atoms with E-state index < -0.39 is 0 Å². The zero-order valence-corrected chi connectivity index (χ0v) is 13.5. The molecule has 0 unspecified atom stereocenters. The summed E-state index contributed by atoms with van der Waals surface area (Å²) in [5.41, 5.74) is 3.04. The van der Waals surface area contributed by atoms with Crippen LogP contribution in [0.25, 0.3) is 21.1 Å². The molecule has 0 saturated carbocycles. The quantitative estimate of drug-likeness (QED) is 0.323. The van der Waals surface area contributed by atoms with Gasteiger partial charge in [-0.05, 0) is 23.8 Å². The second-order valence-corrected chi connectivity index (χ2v) is 7.29. The Morgan fingerprint density at radius 2 is 2.13 bits per heavy atom. The van der Waals surface area contributed by atoms with Gasteiger partial charge >= 0.3 is 0 Å². The monoisotopic (exact) mass is 341 g/mol. The number of benzene rings is 2. The van der Waals surface area contributed by atoms with Crippen LogP contribution in [0.4, 0.5) is 5.69 Å². The predicted molar refractivity (Wildman–Crippen MR) is 94.1 cm³/mol. The Balaban J connectivity index is 1.59. The van der Waals surface area contributed by atoms with Gasteiger partial charge in [0, 0.05) is 29.5 Å². The molecule has 2 heterocycles. The van der Waals surface area contributed by atoms with Gasteiger partial charge < -0.3 is 4.98 Å². The van der Waals surface area contributed by atoms with Crippen molar-refractivity contribution in [1.82, 2.24) is 9.97 Å². The van der Waals surface area contributed by atoms with Gasteiger partial charge in [0.1, 0.15) is 0 Å². The van der Waals surface area contributed by atoms with Gasteiger partial charge in [-0.3, -0.25) is 10.1 Å². The molecule has 23 heavy (non-hydrogen) atoms. The Labute approximate surface area is 139 Å². The normalized spacial score (nSPS) is 11.3. The summed E-state index contributed by atoms with van der Waals surface area (Å²) in [4.78, 5) is 18.2. The van der Waals surface area contributed by atoms with Crippen LogP contribution >= 0.6 is 23.1 Å². The zero-order valence-electron chi connectivity index (χ0n) is 11.9. The first-order valence-corrected chi connectivity index (χ1v) is 8.74. The molecular weight excluding hydrogens is 330 g/mol. The molecule has 0 saturated heterocycles. The SMILES string of the molecule is O=[N+]([O-])c1ccc2c(CSc3nc4ccccc4s3)c[nH]c2c1. The van der Waals surface area contributed by atoms with Crippen molar-refractivity contribution >= 4 is 49.9 Å². The van der Waals surface area contributed by atoms with E-state index >= 15 is 0 Å². The van der Waals surface area contributed by atoms with Crippen molar-refractivity contribution in [3.63, 3.8) is 0 Å². The highest BCUT2D eigenvalue weighted by molar-refractivity contribution is 8.00. The van der Waals surface area contributed by atoms with E-state index in [0.29, 0.717) is 0 Å². The van der Waals surface area contributed by atoms with Crippen LogP contribution in [0.3, 0.4) is 0 Å². The number of non-ortho nitro benzene ring substituents is 1. The molecule has 0 aliphatic heterocycles. The minimum absolute atomic E-state index is 0.102. The summed E-state index contributed by atoms with van der Waals surface area (Å²) in [5, 5.41) is 11.8. The van der Waals surface area contributed by atoms with E-state index in [2.05, 4.69) is 16.0 Å². The van der Waals surface area contributed by atoms with Crippen molar-refractivity contribution in [3.8, 4) is 0 Å². The molecule has 4 rings (SSSR count). The maximum atomic E-state index is 10.8. The van der Waals surface area contributed by atoms with Gasteiger partial charge in [0.05, 0.1) is 20.7 Å². The fourth-order valence-electron chi connectivity index (χ4n) is 2.46. The van der Waals surface area contributed by atoms with E-state index in [0.717, 1.165) is 32.1 Å². The lowest BCUT2D eigenvalue weighted by Crippen LogP contribution is -1.87. The molecule has 0 aliphatic carbocycles. The topological polar surface area (TPSA) is 71.8 Å². The number of nitrogens with zero attached hydrogens (tertiary/aromatic N) is 2. The average molecular weight is 341 g/mol. The lowest BCUT2D eigenvalue weighted by molar-refractivity contribution is -0.384. The minimum Gasteiger partial charge on any atom is -0.361 e. The van der Waals surface area contributed by atoms with Crippen molar-refractivity contribution < 1.29 is 4.92 Å². The van der Waals surface area contributed by atoms with Crippen LogP contribution < -0.4 is 0 Å². The zero-order chi connectivity index (χ0) is 15.8. The maximum Gasteiger partial charge on any atom is 0.271 e. The molecule has 1 N–H and O–H groups in total. The summed E-state index contributed by atoms with van der Waals surface area (Å²) in [5.74, 6) is 0.775. The highest BCUT2D eigenvalue weighted by Gasteiger charge is 2.11. The van der Waals surface area contributed by atoms with E-state index in [1.807, 2.05) is 24.4 Å². The average Bonchev–Trinajstić information content (AvgIpc) is 3.15. The number of para-hydroxylation sites is 1. The molecule has 114 valence electrons. The number of hydrogen-bond acceptors (Lipinski definition) is 5. The largest absolute Gasteiger partial charge is 0.361 e. The van der Waals surface area contributed by atoms with Crippen molar-refractivity contribution in [2.45, 2.75) is 10.1 Å². The molecule has 5 nitrogen and oxygen atoms in total. The first-order valence-electron chi connectivity index (χ1n) is 6.93. The number of aromatic nitrogens is 2. The van der Waals surface area contributed by atoms with Crippen molar-refractivity contribution in [2.75, 3.05) is 0 Å². The lowest BCUT2D eigenvalue weighted by atomic mass is 10.2. The van der Waals surface area contributed by atoms with Crippen LogP contribution in [0.2, 0.25) is 0 Å². The molecule has 0 aliphatic rings. The highest BCUT2D eigenvalue weighted by Crippen LogP contribution is 2.33. The van der Waals surface area contributed by atoms with Crippen LogP contribution in [0.15, 0.2) is 53.0 Å². The van der Waals surface area contributed by atoms with Crippen LogP contribution in [-0.2, 0) is 5.75 Å². The molecule has 2 aromatic carbocycles. The smallest absolute Gasteiger partial charge is 0.271 e. The number of nitro groups is 1. The first kappa shape index (κ1) is 14.2. The molecule has 7 heteroatoms. The van der Waals surface area contributed by atoms with Gasteiger partial charge in [0.25, 0.3) is 5.69 Å². The van der Waals surface area contributed by atoms with E-state index in [9.17, 15) is 10.1 Å². The molecule has 0 spiro atoms. The van der Waals surface area contributed by atoms with Crippen molar-refractivity contribution in [3.05, 3.63) is 64.3 Å². The fraction of sp³-hybridized carbons (Fsp3) is 0.0625. The summed E-state index contributed by atoms with van der Waals surface area (Å²) >= 11 is 3.37. The number of nitro benzene ring substituents is 1. The van der Waals surface area contributed by atoms with Crippen LogP contribution in [-0.4, -0.2) is 14.9 Å². The number of rotatable bonds is 4. The van der Waals surface area contributed by atoms with Gasteiger partial charge in [0.2, 0.25) is 0 Å². The summed E-state index contributed by atoms with van der Waals surface area (Å²) < 4.78 is 2.21. The maximum absolute atomic E-state index is 10.8. The first-order chi connectivity index (χ1) is 11.2. The third kappa shape index (κ3) is 2.69. The van der Waals surface area contributed by atoms with Crippen molar-refractivity contribution in [2.24, 2.45) is 0 Å². The second kappa shape index (κ2) is 5.68. The van der Waals surface area contributed by atoms with Gasteiger partial charge in [-0.2, -0.15) is 0 Å². The number of thiazole rings is 1. The van der Waals surface area contributed by atoms with Crippen LogP contribution in [0.5, 0.6) is 0 Å². The van der Waals surface area contributed by atoms with E-state index in [4.69, 9.17) is 0 Å². The number of H-pyrrole nitrogens is 1. The summed E-state index contributed by atoms with van der Waals surface area (Å²) in [6, 6.07) is 13.0. The number of hydrogen-bond donors (Lipinski definition) is 1. The highest BCUT2D eigenvalue weighted by atomic mass is 32.2. The van der Waals surface area contributed by atoms with E-state index in [1.165, 1.54) is 4.70 Å². The third-order valence-electron chi connectivity index (χ3n) is 3.59. The molecule has 0 atom stereocenters. The molecule has 0 radical (unpaired) electrons. The molecule has 0 fully saturated rings. The molecular formula is C16H11N3O2S2. The van der Waals surface area contributed by atoms with Gasteiger partial charge in [-0.1, -0.05) is 23.9 Å². The number of fused-ring (bicyclic) bond motifs is 2. The fourth-order valence-corrected chi connectivity index (χ4v) is 4.52. The Hall–Kier alpha value is -2.38. The van der Waals surface area contributed by atoms with Gasteiger partial charge in [-0.25, -0.2) is 4.98 Å².